The molecule has 0 saturated heterocycles. The molecular weight excluding hydrogens is 286 g/mol. The van der Waals surface area contributed by atoms with Gasteiger partial charge in [0.2, 0.25) is 0 Å². The Bertz CT molecular complexity index is 520. The Hall–Kier alpha value is -0.680. The van der Waals surface area contributed by atoms with Gasteiger partial charge in [-0.15, -0.1) is 22.7 Å². The van der Waals surface area contributed by atoms with Gasteiger partial charge in [-0.05, 0) is 41.7 Å². The van der Waals surface area contributed by atoms with E-state index < -0.39 is 0 Å². The minimum Gasteiger partial charge on any atom is -0.393 e. The Balaban J connectivity index is 1.49. The molecule has 2 unspecified atom stereocenters. The molecule has 0 aliphatic heterocycles. The minimum atomic E-state index is -0.0961. The van der Waals surface area contributed by atoms with Gasteiger partial charge < -0.3 is 10.4 Å². The second kappa shape index (κ2) is 6.85. The van der Waals surface area contributed by atoms with Crippen molar-refractivity contribution < 1.29 is 5.11 Å². The highest BCUT2D eigenvalue weighted by Crippen LogP contribution is 2.29. The van der Waals surface area contributed by atoms with Gasteiger partial charge in [-0.1, -0.05) is 18.9 Å². The molecule has 20 heavy (non-hydrogen) atoms. The first-order chi connectivity index (χ1) is 9.83. The molecule has 1 aliphatic carbocycles. The van der Waals surface area contributed by atoms with Crippen molar-refractivity contribution in [3.05, 3.63) is 33.8 Å². The fourth-order valence-corrected chi connectivity index (χ4v) is 4.50. The molecule has 108 valence electrons. The van der Waals surface area contributed by atoms with Crippen LogP contribution in [0, 0.1) is 5.92 Å². The van der Waals surface area contributed by atoms with Gasteiger partial charge in [0.05, 0.1) is 6.10 Å². The van der Waals surface area contributed by atoms with E-state index in [1.54, 1.807) is 11.3 Å². The third-order valence-corrected chi connectivity index (χ3v) is 5.89. The molecule has 0 bridgehead atoms. The van der Waals surface area contributed by atoms with E-state index in [0.717, 1.165) is 19.5 Å². The molecule has 3 rings (SSSR count). The fraction of sp³-hybridized carbons (Fsp3) is 0.500. The van der Waals surface area contributed by atoms with E-state index in [1.165, 1.54) is 34.6 Å². The Morgan fingerprint density at radius 1 is 1.25 bits per heavy atom. The maximum atomic E-state index is 9.96. The van der Waals surface area contributed by atoms with Crippen LogP contribution in [-0.2, 0) is 6.54 Å². The molecule has 2 aromatic heterocycles. The van der Waals surface area contributed by atoms with E-state index in [1.807, 2.05) is 11.3 Å². The van der Waals surface area contributed by atoms with Crippen molar-refractivity contribution >= 4 is 22.7 Å². The van der Waals surface area contributed by atoms with Crippen molar-refractivity contribution in [3.8, 4) is 10.4 Å². The van der Waals surface area contributed by atoms with Crippen molar-refractivity contribution in [2.24, 2.45) is 5.92 Å². The van der Waals surface area contributed by atoms with Crippen LogP contribution in [0.4, 0.5) is 0 Å². The minimum absolute atomic E-state index is 0.0961. The topological polar surface area (TPSA) is 32.3 Å². The average molecular weight is 307 g/mol. The molecule has 2 nitrogen and oxygen atoms in total. The molecule has 2 N–H and O–H groups in total. The van der Waals surface area contributed by atoms with E-state index in [4.69, 9.17) is 0 Å². The van der Waals surface area contributed by atoms with Crippen LogP contribution < -0.4 is 5.32 Å². The van der Waals surface area contributed by atoms with Crippen molar-refractivity contribution in [3.63, 3.8) is 0 Å². The predicted octanol–water partition coefficient (Wildman–Crippen LogP) is 4.12. The molecule has 0 aromatic carbocycles. The lowest BCUT2D eigenvalue weighted by Crippen LogP contribution is -2.33. The van der Waals surface area contributed by atoms with E-state index in [0.29, 0.717) is 5.92 Å². The van der Waals surface area contributed by atoms with Crippen LogP contribution in [0.25, 0.3) is 10.4 Å². The van der Waals surface area contributed by atoms with Gasteiger partial charge in [-0.3, -0.25) is 0 Å². The lowest BCUT2D eigenvalue weighted by molar-refractivity contribution is 0.0695. The van der Waals surface area contributed by atoms with Crippen LogP contribution in [0.3, 0.4) is 0 Å². The summed E-state index contributed by atoms with van der Waals surface area (Å²) in [6, 6.07) is 6.54. The maximum Gasteiger partial charge on any atom is 0.0580 e. The van der Waals surface area contributed by atoms with Gasteiger partial charge in [0.25, 0.3) is 0 Å². The zero-order chi connectivity index (χ0) is 13.8. The van der Waals surface area contributed by atoms with Crippen molar-refractivity contribution in [1.82, 2.24) is 5.32 Å². The van der Waals surface area contributed by atoms with Gasteiger partial charge in [0, 0.05) is 28.4 Å². The van der Waals surface area contributed by atoms with E-state index >= 15 is 0 Å². The number of aliphatic hydroxyl groups excluding tert-OH is 1. The number of hydrogen-bond acceptors (Lipinski definition) is 4. The predicted molar refractivity (Wildman–Crippen MR) is 87.3 cm³/mol. The van der Waals surface area contributed by atoms with Crippen LogP contribution in [0.15, 0.2) is 29.0 Å². The summed E-state index contributed by atoms with van der Waals surface area (Å²) in [5.74, 6) is 0.445. The van der Waals surface area contributed by atoms with Gasteiger partial charge in [0.1, 0.15) is 0 Å². The van der Waals surface area contributed by atoms with E-state index in [9.17, 15) is 5.11 Å². The highest BCUT2D eigenvalue weighted by Gasteiger charge is 2.22. The summed E-state index contributed by atoms with van der Waals surface area (Å²) in [4.78, 5) is 2.72. The van der Waals surface area contributed by atoms with Crippen LogP contribution >= 0.6 is 22.7 Å². The zero-order valence-corrected chi connectivity index (χ0v) is 13.2. The lowest BCUT2D eigenvalue weighted by Gasteiger charge is -2.27. The summed E-state index contributed by atoms with van der Waals surface area (Å²) in [5.41, 5.74) is 1.33. The number of hydrogen-bond donors (Lipinski definition) is 2. The Morgan fingerprint density at radius 3 is 2.95 bits per heavy atom. The standard InChI is InChI=1S/C16H21NOS2/c18-15-5-2-1-4-12(15)9-17-10-14-8-13(11-20-14)16-6-3-7-19-16/h3,6-8,11-12,15,17-18H,1-2,4-5,9-10H2. The van der Waals surface area contributed by atoms with Gasteiger partial charge in [0.15, 0.2) is 0 Å². The van der Waals surface area contributed by atoms with Gasteiger partial charge in [-0.25, -0.2) is 0 Å². The van der Waals surface area contributed by atoms with E-state index in [2.05, 4.69) is 34.3 Å². The Morgan fingerprint density at radius 2 is 2.15 bits per heavy atom. The summed E-state index contributed by atoms with van der Waals surface area (Å²) in [7, 11) is 0. The normalized spacial score (nSPS) is 23.1. The average Bonchev–Trinajstić information content (AvgIpc) is 3.11. The van der Waals surface area contributed by atoms with Crippen molar-refractivity contribution in [2.75, 3.05) is 6.54 Å². The second-order valence-electron chi connectivity index (χ2n) is 5.52. The number of nitrogens with one attached hydrogen (secondary N) is 1. The molecule has 0 amide bonds. The molecule has 2 heterocycles. The largest absolute Gasteiger partial charge is 0.393 e. The second-order valence-corrected chi connectivity index (χ2v) is 7.47. The first-order valence-electron chi connectivity index (χ1n) is 7.33. The zero-order valence-electron chi connectivity index (χ0n) is 11.5. The lowest BCUT2D eigenvalue weighted by atomic mass is 9.86. The van der Waals surface area contributed by atoms with E-state index in [-0.39, 0.29) is 6.10 Å². The molecule has 1 saturated carbocycles. The highest BCUT2D eigenvalue weighted by atomic mass is 32.1. The molecule has 4 heteroatoms. The van der Waals surface area contributed by atoms with Crippen molar-refractivity contribution in [2.45, 2.75) is 38.3 Å². The van der Waals surface area contributed by atoms with Gasteiger partial charge in [-0.2, -0.15) is 0 Å². The quantitative estimate of drug-likeness (QED) is 0.871. The molecule has 2 aromatic rings. The Kier molecular flexibility index (Phi) is 4.89. The summed E-state index contributed by atoms with van der Waals surface area (Å²) in [5, 5.41) is 17.8. The monoisotopic (exact) mass is 307 g/mol. The summed E-state index contributed by atoms with van der Waals surface area (Å²) >= 11 is 3.61. The number of aliphatic hydroxyl groups is 1. The maximum absolute atomic E-state index is 9.96. The fourth-order valence-electron chi connectivity index (χ4n) is 2.85. The summed E-state index contributed by atoms with van der Waals surface area (Å²) in [6.07, 6.45) is 4.51. The molecule has 1 aliphatic rings. The third kappa shape index (κ3) is 3.50. The number of thiophene rings is 2. The summed E-state index contributed by atoms with van der Waals surface area (Å²) < 4.78 is 0. The van der Waals surface area contributed by atoms with Crippen LogP contribution in [0.1, 0.15) is 30.6 Å². The van der Waals surface area contributed by atoms with Gasteiger partial charge >= 0.3 is 0 Å². The molecule has 1 fully saturated rings. The SMILES string of the molecule is OC1CCCCC1CNCc1cc(-c2cccs2)cs1. The molecule has 0 spiro atoms. The highest BCUT2D eigenvalue weighted by molar-refractivity contribution is 7.14. The third-order valence-electron chi connectivity index (χ3n) is 4.03. The molecule has 2 atom stereocenters. The van der Waals surface area contributed by atoms with Crippen LogP contribution in [0.2, 0.25) is 0 Å². The summed E-state index contributed by atoms with van der Waals surface area (Å²) in [6.45, 7) is 1.85. The van der Waals surface area contributed by atoms with Crippen LogP contribution in [0.5, 0.6) is 0 Å². The first kappa shape index (κ1) is 14.3. The smallest absolute Gasteiger partial charge is 0.0580 e. The van der Waals surface area contributed by atoms with Crippen molar-refractivity contribution in [1.29, 1.82) is 0 Å². The molecule has 0 radical (unpaired) electrons. The van der Waals surface area contributed by atoms with Crippen LogP contribution in [-0.4, -0.2) is 17.8 Å². The first-order valence-corrected chi connectivity index (χ1v) is 9.09. The Labute approximate surface area is 128 Å². The number of rotatable bonds is 5. The molecular formula is C16H21NOS2.